The summed E-state index contributed by atoms with van der Waals surface area (Å²) in [7, 11) is 0. The summed E-state index contributed by atoms with van der Waals surface area (Å²) in [6.45, 7) is 7.56. The maximum Gasteiger partial charge on any atom is 0.0992 e. The zero-order valence-electron chi connectivity index (χ0n) is 19.9. The first kappa shape index (κ1) is 21.4. The third-order valence-electron chi connectivity index (χ3n) is 10.5. The zero-order valence-corrected chi connectivity index (χ0v) is 19.9. The Balaban J connectivity index is 1.33. The molecule has 0 spiro atoms. The zero-order chi connectivity index (χ0) is 21.6. The van der Waals surface area contributed by atoms with Crippen LogP contribution in [0.5, 0.6) is 0 Å². The molecule has 4 saturated carbocycles. The van der Waals surface area contributed by atoms with Gasteiger partial charge in [-0.1, -0.05) is 32.8 Å². The Morgan fingerprint density at radius 2 is 1.87 bits per heavy atom. The van der Waals surface area contributed by atoms with Crippen LogP contribution in [0.1, 0.15) is 90.5 Å². The van der Waals surface area contributed by atoms with E-state index in [1.165, 1.54) is 64.2 Å². The highest BCUT2D eigenvalue weighted by molar-refractivity contribution is 5.49. The number of fused-ring (bicyclic) bond motifs is 5. The molecule has 0 saturated heterocycles. The minimum absolute atomic E-state index is 0.463. The predicted molar refractivity (Wildman–Crippen MR) is 129 cm³/mol. The number of hydrogen-bond donors (Lipinski definition) is 1. The Labute approximate surface area is 190 Å². The van der Waals surface area contributed by atoms with E-state index < -0.39 is 0 Å². The van der Waals surface area contributed by atoms with Gasteiger partial charge in [-0.2, -0.15) is 5.26 Å². The van der Waals surface area contributed by atoms with Crippen molar-refractivity contribution < 1.29 is 0 Å². The van der Waals surface area contributed by atoms with Crippen LogP contribution in [0, 0.1) is 58.2 Å². The van der Waals surface area contributed by atoms with E-state index in [0.717, 1.165) is 52.7 Å². The summed E-state index contributed by atoms with van der Waals surface area (Å²) in [5, 5.41) is 13.1. The molecule has 0 amide bonds. The molecule has 1 aromatic carbocycles. The van der Waals surface area contributed by atoms with E-state index in [2.05, 4.69) is 38.2 Å². The van der Waals surface area contributed by atoms with Gasteiger partial charge < -0.3 is 5.32 Å². The molecule has 1 N–H and O–H groups in total. The number of nitriles is 1. The third kappa shape index (κ3) is 3.81. The fourth-order valence-corrected chi connectivity index (χ4v) is 9.19. The number of nitrogens with one attached hydrogen (secondary N) is 1. The van der Waals surface area contributed by atoms with Crippen molar-refractivity contribution in [2.24, 2.45) is 46.8 Å². The highest BCUT2D eigenvalue weighted by Gasteiger charge is 2.56. The van der Waals surface area contributed by atoms with Gasteiger partial charge in [0.2, 0.25) is 0 Å². The smallest absolute Gasteiger partial charge is 0.0992 e. The van der Waals surface area contributed by atoms with Gasteiger partial charge in [-0.15, -0.1) is 0 Å². The van der Waals surface area contributed by atoms with Crippen LogP contribution in [0.15, 0.2) is 24.3 Å². The maximum atomic E-state index is 9.27. The summed E-state index contributed by atoms with van der Waals surface area (Å²) in [4.78, 5) is 0. The van der Waals surface area contributed by atoms with E-state index in [1.807, 2.05) is 18.2 Å². The van der Waals surface area contributed by atoms with Crippen molar-refractivity contribution in [2.45, 2.75) is 91.0 Å². The van der Waals surface area contributed by atoms with Gasteiger partial charge in [-0.25, -0.2) is 0 Å². The van der Waals surface area contributed by atoms with Crippen LogP contribution in [0.4, 0.5) is 5.69 Å². The lowest BCUT2D eigenvalue weighted by Gasteiger charge is -2.61. The lowest BCUT2D eigenvalue weighted by molar-refractivity contribution is -0.112. The summed E-state index contributed by atoms with van der Waals surface area (Å²) in [5.41, 5.74) is 2.35. The lowest BCUT2D eigenvalue weighted by atomic mass is 9.44. The molecule has 2 heteroatoms. The topological polar surface area (TPSA) is 35.8 Å². The minimum atomic E-state index is 0.463. The number of rotatable bonds is 3. The quantitative estimate of drug-likeness (QED) is 0.547. The Morgan fingerprint density at radius 3 is 2.71 bits per heavy atom. The number of benzene rings is 1. The monoisotopic (exact) mass is 418 g/mol. The number of hydrogen-bond acceptors (Lipinski definition) is 2. The molecule has 4 aliphatic rings. The first-order valence-corrected chi connectivity index (χ1v) is 13.3. The van der Waals surface area contributed by atoms with Crippen LogP contribution in [0.2, 0.25) is 0 Å². The van der Waals surface area contributed by atoms with Crippen LogP contribution in [-0.4, -0.2) is 6.04 Å². The first-order chi connectivity index (χ1) is 15.0. The number of anilines is 1. The average Bonchev–Trinajstić information content (AvgIpc) is 2.77. The molecular formula is C29H42N2. The summed E-state index contributed by atoms with van der Waals surface area (Å²) >= 11 is 0. The van der Waals surface area contributed by atoms with Crippen molar-refractivity contribution in [3.63, 3.8) is 0 Å². The van der Waals surface area contributed by atoms with Crippen molar-refractivity contribution >= 4 is 5.69 Å². The van der Waals surface area contributed by atoms with Crippen LogP contribution in [0.25, 0.3) is 0 Å². The molecule has 5 rings (SSSR count). The van der Waals surface area contributed by atoms with Gasteiger partial charge in [-0.05, 0) is 123 Å². The fraction of sp³-hybridized carbons (Fsp3) is 0.759. The lowest BCUT2D eigenvalue weighted by Crippen LogP contribution is -2.55. The van der Waals surface area contributed by atoms with Crippen LogP contribution < -0.4 is 5.32 Å². The highest BCUT2D eigenvalue weighted by atomic mass is 14.9. The maximum absolute atomic E-state index is 9.27. The first-order valence-electron chi connectivity index (χ1n) is 13.3. The van der Waals surface area contributed by atoms with Gasteiger partial charge in [0, 0.05) is 11.7 Å². The molecule has 0 aromatic heterocycles. The van der Waals surface area contributed by atoms with Crippen molar-refractivity contribution in [1.29, 1.82) is 5.26 Å². The SMILES string of the molecule is CC1CCC2C(CCC3C2CC[C@@]2(C)C3CCC[C@@H]2C(C)Nc2cccc(C#N)c2)C1. The average molecular weight is 419 g/mol. The van der Waals surface area contributed by atoms with Crippen LogP contribution >= 0.6 is 0 Å². The molecule has 2 nitrogen and oxygen atoms in total. The second kappa shape index (κ2) is 8.46. The van der Waals surface area contributed by atoms with Gasteiger partial charge in [0.05, 0.1) is 11.6 Å². The van der Waals surface area contributed by atoms with E-state index in [1.54, 1.807) is 0 Å². The molecule has 4 aliphatic carbocycles. The van der Waals surface area contributed by atoms with Gasteiger partial charge in [0.25, 0.3) is 0 Å². The molecule has 31 heavy (non-hydrogen) atoms. The Hall–Kier alpha value is -1.49. The number of nitrogens with zero attached hydrogens (tertiary/aromatic N) is 1. The Morgan fingerprint density at radius 1 is 1.03 bits per heavy atom. The molecule has 0 aliphatic heterocycles. The second-order valence-electron chi connectivity index (χ2n) is 12.1. The normalized spacial score (nSPS) is 43.0. The summed E-state index contributed by atoms with van der Waals surface area (Å²) in [5.74, 6) is 6.74. The van der Waals surface area contributed by atoms with E-state index >= 15 is 0 Å². The fourth-order valence-electron chi connectivity index (χ4n) is 9.19. The molecule has 0 heterocycles. The van der Waals surface area contributed by atoms with Crippen molar-refractivity contribution in [3.05, 3.63) is 29.8 Å². The van der Waals surface area contributed by atoms with Crippen molar-refractivity contribution in [3.8, 4) is 6.07 Å². The van der Waals surface area contributed by atoms with Crippen LogP contribution in [-0.2, 0) is 0 Å². The highest BCUT2D eigenvalue weighted by Crippen LogP contribution is 2.63. The van der Waals surface area contributed by atoms with Crippen molar-refractivity contribution in [1.82, 2.24) is 0 Å². The molecule has 4 fully saturated rings. The van der Waals surface area contributed by atoms with E-state index in [4.69, 9.17) is 0 Å². The summed E-state index contributed by atoms with van der Waals surface area (Å²) in [6, 6.07) is 10.8. The van der Waals surface area contributed by atoms with E-state index in [9.17, 15) is 5.26 Å². The summed E-state index contributed by atoms with van der Waals surface area (Å²) < 4.78 is 0. The molecule has 168 valence electrons. The minimum Gasteiger partial charge on any atom is -0.382 e. The summed E-state index contributed by atoms with van der Waals surface area (Å²) in [6.07, 6.45) is 14.7. The van der Waals surface area contributed by atoms with Crippen LogP contribution in [0.3, 0.4) is 0 Å². The van der Waals surface area contributed by atoms with E-state index in [0.29, 0.717) is 11.5 Å². The largest absolute Gasteiger partial charge is 0.382 e. The van der Waals surface area contributed by atoms with Gasteiger partial charge in [0.15, 0.2) is 0 Å². The Bertz CT molecular complexity index is 824. The third-order valence-corrected chi connectivity index (χ3v) is 10.5. The molecule has 1 aromatic rings. The van der Waals surface area contributed by atoms with E-state index in [-0.39, 0.29) is 0 Å². The Kier molecular flexibility index (Phi) is 5.83. The van der Waals surface area contributed by atoms with Gasteiger partial charge >= 0.3 is 0 Å². The standard InChI is InChI=1S/C29H42N2/c1-19-10-12-24-22(16-19)11-13-26-25(24)14-15-29(3)27(8-5-9-28(26)29)20(2)31-23-7-4-6-21(17-23)18-30/h4,6-7,17,19-20,22,24-28,31H,5,8-16H2,1-3H3/t19?,20?,22?,24?,25?,26?,27-,28?,29-/m1/s1. The van der Waals surface area contributed by atoms with Gasteiger partial charge in [0.1, 0.15) is 0 Å². The molecular weight excluding hydrogens is 376 g/mol. The molecule has 0 bridgehead atoms. The molecule has 7 unspecified atom stereocenters. The predicted octanol–water partition coefficient (Wildman–Crippen LogP) is 7.65. The van der Waals surface area contributed by atoms with Crippen molar-refractivity contribution in [2.75, 3.05) is 5.32 Å². The molecule has 9 atom stereocenters. The molecule has 0 radical (unpaired) electrons. The van der Waals surface area contributed by atoms with Gasteiger partial charge in [-0.3, -0.25) is 0 Å². The second-order valence-corrected chi connectivity index (χ2v) is 12.1.